The summed E-state index contributed by atoms with van der Waals surface area (Å²) >= 11 is 0. The normalized spacial score (nSPS) is 29.0. The smallest absolute Gasteiger partial charge is 0.462 e. The zero-order valence-corrected chi connectivity index (χ0v) is 13.7. The number of carbonyl (C=O) groups is 1. The fraction of sp³-hybridized carbons (Fsp3) is 0.900. The molecule has 0 aliphatic carbocycles. The van der Waals surface area contributed by atoms with E-state index >= 15 is 0 Å². The molecule has 0 radical (unpaired) electrons. The number of aliphatic hydroxyl groups is 1. The Morgan fingerprint density at radius 2 is 1.95 bits per heavy atom. The molecule has 1 aliphatic rings. The van der Waals surface area contributed by atoms with Gasteiger partial charge in [-0.1, -0.05) is 0 Å². The van der Waals surface area contributed by atoms with Crippen LogP contribution >= 0.6 is 15.6 Å². The molecule has 1 rings (SSSR count). The summed E-state index contributed by atoms with van der Waals surface area (Å²) in [4.78, 5) is 37.1. The average Bonchev–Trinajstić information content (AvgIpc) is 2.21. The van der Waals surface area contributed by atoms with Gasteiger partial charge in [0.1, 0.15) is 6.10 Å². The first kappa shape index (κ1) is 19.7. The molecule has 22 heavy (non-hydrogen) atoms. The molecule has 0 saturated carbocycles. The SMILES string of the molecule is CC1(O)CC(=O)OC(CCCCOP(=O)(O)OP(=O)(O)O)C1. The molecule has 0 amide bonds. The van der Waals surface area contributed by atoms with Gasteiger partial charge in [0, 0.05) is 6.42 Å². The summed E-state index contributed by atoms with van der Waals surface area (Å²) in [6, 6.07) is 0. The molecule has 12 heteroatoms. The molecule has 0 spiro atoms. The summed E-state index contributed by atoms with van der Waals surface area (Å²) in [5, 5.41) is 9.85. The van der Waals surface area contributed by atoms with Crippen LogP contribution in [0.4, 0.5) is 0 Å². The maximum absolute atomic E-state index is 11.3. The summed E-state index contributed by atoms with van der Waals surface area (Å²) < 4.78 is 34.6. The lowest BCUT2D eigenvalue weighted by atomic mass is 9.90. The van der Waals surface area contributed by atoms with E-state index in [0.717, 1.165) is 0 Å². The number of hydrogen-bond donors (Lipinski definition) is 4. The van der Waals surface area contributed by atoms with Gasteiger partial charge < -0.3 is 24.5 Å². The summed E-state index contributed by atoms with van der Waals surface area (Å²) in [6.45, 7) is 1.29. The van der Waals surface area contributed by atoms with Gasteiger partial charge in [0.25, 0.3) is 0 Å². The Kier molecular flexibility index (Phi) is 6.73. The van der Waals surface area contributed by atoms with Crippen molar-refractivity contribution in [2.75, 3.05) is 6.61 Å². The molecule has 0 aromatic carbocycles. The molecule has 130 valence electrons. The van der Waals surface area contributed by atoms with Crippen LogP contribution in [-0.4, -0.2) is 44.1 Å². The monoisotopic (exact) mass is 362 g/mol. The lowest BCUT2D eigenvalue weighted by Crippen LogP contribution is -2.40. The molecule has 0 aromatic heterocycles. The minimum atomic E-state index is -5.11. The molecule has 0 bridgehead atoms. The summed E-state index contributed by atoms with van der Waals surface area (Å²) in [5.74, 6) is -0.479. The van der Waals surface area contributed by atoms with Gasteiger partial charge in [0.2, 0.25) is 0 Å². The number of unbranched alkanes of at least 4 members (excludes halogenated alkanes) is 1. The zero-order valence-electron chi connectivity index (χ0n) is 12.0. The van der Waals surface area contributed by atoms with Crippen molar-refractivity contribution in [3.8, 4) is 0 Å². The average molecular weight is 362 g/mol. The minimum absolute atomic E-state index is 0.0555. The topological polar surface area (TPSA) is 160 Å². The van der Waals surface area contributed by atoms with Crippen LogP contribution in [0.3, 0.4) is 0 Å². The Balaban J connectivity index is 2.24. The van der Waals surface area contributed by atoms with Gasteiger partial charge in [-0.15, -0.1) is 0 Å². The van der Waals surface area contributed by atoms with E-state index in [4.69, 9.17) is 19.4 Å². The molecule has 0 aromatic rings. The van der Waals surface area contributed by atoms with Crippen molar-refractivity contribution in [1.29, 1.82) is 0 Å². The number of ether oxygens (including phenoxy) is 1. The van der Waals surface area contributed by atoms with Gasteiger partial charge in [0.05, 0.1) is 18.6 Å². The lowest BCUT2D eigenvalue weighted by Gasteiger charge is -2.33. The highest BCUT2D eigenvalue weighted by atomic mass is 31.3. The largest absolute Gasteiger partial charge is 0.481 e. The number of phosphoric ester groups is 1. The Morgan fingerprint density at radius 1 is 1.32 bits per heavy atom. The van der Waals surface area contributed by atoms with Crippen LogP contribution in [0.2, 0.25) is 0 Å². The molecular formula is C10H20O10P2. The minimum Gasteiger partial charge on any atom is -0.462 e. The Hall–Kier alpha value is -0.310. The van der Waals surface area contributed by atoms with Crippen LogP contribution < -0.4 is 0 Å². The molecule has 1 heterocycles. The highest BCUT2D eigenvalue weighted by molar-refractivity contribution is 7.60. The molecule has 1 saturated heterocycles. The predicted octanol–water partition coefficient (Wildman–Crippen LogP) is 0.840. The second-order valence-electron chi connectivity index (χ2n) is 5.36. The fourth-order valence-corrected chi connectivity index (χ4v) is 3.74. The maximum atomic E-state index is 11.3. The van der Waals surface area contributed by atoms with Crippen molar-refractivity contribution >= 4 is 21.6 Å². The lowest BCUT2D eigenvalue weighted by molar-refractivity contribution is -0.168. The van der Waals surface area contributed by atoms with Crippen LogP contribution in [0.25, 0.3) is 0 Å². The molecule has 1 fully saturated rings. The number of hydrogen-bond acceptors (Lipinski definition) is 7. The van der Waals surface area contributed by atoms with E-state index < -0.39 is 33.3 Å². The van der Waals surface area contributed by atoms with Gasteiger partial charge in [-0.3, -0.25) is 9.32 Å². The van der Waals surface area contributed by atoms with Gasteiger partial charge in [-0.25, -0.2) is 9.13 Å². The van der Waals surface area contributed by atoms with Gasteiger partial charge in [-0.2, -0.15) is 4.31 Å². The van der Waals surface area contributed by atoms with Crippen molar-refractivity contribution in [3.63, 3.8) is 0 Å². The number of esters is 1. The van der Waals surface area contributed by atoms with E-state index in [1.54, 1.807) is 6.92 Å². The molecule has 3 unspecified atom stereocenters. The molecule has 1 aliphatic heterocycles. The van der Waals surface area contributed by atoms with Crippen molar-refractivity contribution in [1.82, 2.24) is 0 Å². The van der Waals surface area contributed by atoms with Gasteiger partial charge >= 0.3 is 21.6 Å². The van der Waals surface area contributed by atoms with Crippen LogP contribution in [0, 0.1) is 0 Å². The van der Waals surface area contributed by atoms with Crippen molar-refractivity contribution in [2.45, 2.75) is 50.7 Å². The highest BCUT2D eigenvalue weighted by Crippen LogP contribution is 2.57. The fourth-order valence-electron chi connectivity index (χ4n) is 2.12. The quantitative estimate of drug-likeness (QED) is 0.277. The van der Waals surface area contributed by atoms with E-state index in [0.29, 0.717) is 19.3 Å². The number of rotatable bonds is 8. The van der Waals surface area contributed by atoms with Crippen molar-refractivity contribution in [2.24, 2.45) is 0 Å². The summed E-state index contributed by atoms with van der Waals surface area (Å²) in [6.07, 6.45) is 0.984. The molecule has 3 atom stereocenters. The third-order valence-corrected chi connectivity index (χ3v) is 5.06. The zero-order chi connectivity index (χ0) is 17.0. The number of carbonyl (C=O) groups excluding carboxylic acids is 1. The standard InChI is InChI=1S/C10H20O10P2/c1-10(12)6-8(19-9(11)7-10)4-2-3-5-18-22(16,17)20-21(13,14)15/h8,12H,2-7H2,1H3,(H,16,17)(H2,13,14,15). The summed E-state index contributed by atoms with van der Waals surface area (Å²) in [5.41, 5.74) is -1.10. The molecule has 10 nitrogen and oxygen atoms in total. The Labute approximate surface area is 127 Å². The van der Waals surface area contributed by atoms with E-state index in [2.05, 4.69) is 8.83 Å². The van der Waals surface area contributed by atoms with Crippen molar-refractivity contribution in [3.05, 3.63) is 0 Å². The second kappa shape index (κ2) is 7.51. The number of phosphoric acid groups is 2. The molecular weight excluding hydrogens is 342 g/mol. The van der Waals surface area contributed by atoms with E-state index in [9.17, 15) is 19.0 Å². The molecule has 4 N–H and O–H groups in total. The summed E-state index contributed by atoms with van der Waals surface area (Å²) in [7, 11) is -9.92. The van der Waals surface area contributed by atoms with E-state index in [1.165, 1.54) is 0 Å². The van der Waals surface area contributed by atoms with Gasteiger partial charge in [0.15, 0.2) is 0 Å². The van der Waals surface area contributed by atoms with Crippen LogP contribution in [0.5, 0.6) is 0 Å². The first-order chi connectivity index (χ1) is 9.89. The first-order valence-electron chi connectivity index (χ1n) is 6.55. The first-order valence-corrected chi connectivity index (χ1v) is 9.57. The van der Waals surface area contributed by atoms with Crippen molar-refractivity contribution < 1.29 is 47.3 Å². The van der Waals surface area contributed by atoms with Crippen LogP contribution in [0.15, 0.2) is 0 Å². The van der Waals surface area contributed by atoms with E-state index in [-0.39, 0.29) is 19.4 Å². The Morgan fingerprint density at radius 3 is 2.50 bits per heavy atom. The van der Waals surface area contributed by atoms with Crippen LogP contribution in [0.1, 0.15) is 39.0 Å². The third-order valence-electron chi connectivity index (χ3n) is 2.88. The third kappa shape index (κ3) is 8.36. The second-order valence-corrected chi connectivity index (χ2v) is 8.19. The van der Waals surface area contributed by atoms with E-state index in [1.807, 2.05) is 0 Å². The Bertz CT molecular complexity index is 484. The maximum Gasteiger partial charge on any atom is 0.481 e. The highest BCUT2D eigenvalue weighted by Gasteiger charge is 2.36. The van der Waals surface area contributed by atoms with Gasteiger partial charge in [-0.05, 0) is 26.2 Å². The van der Waals surface area contributed by atoms with Crippen LogP contribution in [-0.2, 0) is 27.5 Å². The predicted molar refractivity (Wildman–Crippen MR) is 72.5 cm³/mol. The number of cyclic esters (lactones) is 1.